The van der Waals surface area contributed by atoms with E-state index < -0.39 is 17.9 Å². The van der Waals surface area contributed by atoms with Crippen LogP contribution >= 0.6 is 0 Å². The number of carbonyl (C=O) groups is 3. The molecule has 1 aliphatic rings. The first kappa shape index (κ1) is 9.89. The standard InChI is InChI=1S/C9H13NO3/c1-4(2)7-8(12)6(5(3)11)9(13)10-7/h4,6-7H,1-3H3,(H,10,13). The molecule has 4 nitrogen and oxygen atoms in total. The van der Waals surface area contributed by atoms with Crippen molar-refractivity contribution >= 4 is 17.5 Å². The normalized spacial score (nSPS) is 28.0. The summed E-state index contributed by atoms with van der Waals surface area (Å²) >= 11 is 0. The van der Waals surface area contributed by atoms with Gasteiger partial charge < -0.3 is 5.32 Å². The van der Waals surface area contributed by atoms with E-state index in [1.165, 1.54) is 6.92 Å². The van der Waals surface area contributed by atoms with E-state index in [2.05, 4.69) is 5.32 Å². The topological polar surface area (TPSA) is 63.2 Å². The summed E-state index contributed by atoms with van der Waals surface area (Å²) in [5.41, 5.74) is 0. The summed E-state index contributed by atoms with van der Waals surface area (Å²) in [6.45, 7) is 4.95. The number of rotatable bonds is 2. The van der Waals surface area contributed by atoms with Crippen molar-refractivity contribution in [3.05, 3.63) is 0 Å². The third-order valence-corrected chi connectivity index (χ3v) is 2.22. The van der Waals surface area contributed by atoms with Gasteiger partial charge in [0.05, 0.1) is 6.04 Å². The molecule has 2 atom stereocenters. The molecule has 0 aromatic rings. The van der Waals surface area contributed by atoms with E-state index in [0.29, 0.717) is 0 Å². The number of Topliss-reactive ketones (excluding diaryl/α,β-unsaturated/α-hetero) is 2. The Bertz CT molecular complexity index is 270. The zero-order chi connectivity index (χ0) is 10.2. The Morgan fingerprint density at radius 1 is 1.38 bits per heavy atom. The van der Waals surface area contributed by atoms with Crippen LogP contribution in [0.25, 0.3) is 0 Å². The predicted molar refractivity (Wildman–Crippen MR) is 45.9 cm³/mol. The van der Waals surface area contributed by atoms with E-state index in [9.17, 15) is 14.4 Å². The molecule has 2 unspecified atom stereocenters. The van der Waals surface area contributed by atoms with Crippen LogP contribution in [0.15, 0.2) is 0 Å². The van der Waals surface area contributed by atoms with Crippen molar-refractivity contribution in [2.45, 2.75) is 26.8 Å². The summed E-state index contributed by atoms with van der Waals surface area (Å²) in [7, 11) is 0. The minimum absolute atomic E-state index is 0.0424. The molecule has 13 heavy (non-hydrogen) atoms. The number of ketones is 2. The van der Waals surface area contributed by atoms with Crippen LogP contribution in [-0.4, -0.2) is 23.5 Å². The molecule has 0 radical (unpaired) electrons. The lowest BCUT2D eigenvalue weighted by Crippen LogP contribution is -2.34. The molecule has 0 bridgehead atoms. The van der Waals surface area contributed by atoms with Gasteiger partial charge >= 0.3 is 0 Å². The molecule has 1 rings (SSSR count). The van der Waals surface area contributed by atoms with Gasteiger partial charge in [-0.25, -0.2) is 0 Å². The molecule has 4 heteroatoms. The Morgan fingerprint density at radius 2 is 1.92 bits per heavy atom. The molecule has 0 saturated carbocycles. The van der Waals surface area contributed by atoms with E-state index in [1.54, 1.807) is 0 Å². The second-order valence-electron chi connectivity index (χ2n) is 3.68. The van der Waals surface area contributed by atoms with E-state index in [4.69, 9.17) is 0 Å². The van der Waals surface area contributed by atoms with Gasteiger partial charge in [-0.3, -0.25) is 14.4 Å². The third kappa shape index (κ3) is 1.61. The molecule has 0 aromatic heterocycles. The molecular weight excluding hydrogens is 170 g/mol. The fraction of sp³-hybridized carbons (Fsp3) is 0.667. The van der Waals surface area contributed by atoms with Gasteiger partial charge in [-0.2, -0.15) is 0 Å². The maximum absolute atomic E-state index is 11.5. The highest BCUT2D eigenvalue weighted by Gasteiger charge is 2.44. The lowest BCUT2D eigenvalue weighted by Gasteiger charge is -2.11. The molecule has 0 spiro atoms. The van der Waals surface area contributed by atoms with E-state index >= 15 is 0 Å². The summed E-state index contributed by atoms with van der Waals surface area (Å²) in [5.74, 6) is -2.12. The van der Waals surface area contributed by atoms with E-state index in [-0.39, 0.29) is 17.5 Å². The van der Waals surface area contributed by atoms with Crippen molar-refractivity contribution in [1.82, 2.24) is 5.32 Å². The van der Waals surface area contributed by atoms with Crippen LogP contribution in [0.5, 0.6) is 0 Å². The van der Waals surface area contributed by atoms with Crippen LogP contribution < -0.4 is 5.32 Å². The number of carbonyl (C=O) groups excluding carboxylic acids is 3. The fourth-order valence-corrected chi connectivity index (χ4v) is 1.50. The summed E-state index contributed by atoms with van der Waals surface area (Å²) in [6, 6.07) is -0.485. The molecule has 72 valence electrons. The number of nitrogens with one attached hydrogen (secondary N) is 1. The quantitative estimate of drug-likeness (QED) is 0.609. The van der Waals surface area contributed by atoms with Gasteiger partial charge in [-0.1, -0.05) is 13.8 Å². The highest BCUT2D eigenvalue weighted by atomic mass is 16.2. The molecule has 1 N–H and O–H groups in total. The van der Waals surface area contributed by atoms with Crippen LogP contribution in [-0.2, 0) is 14.4 Å². The Balaban J connectivity index is 2.88. The fourth-order valence-electron chi connectivity index (χ4n) is 1.50. The number of hydrogen-bond donors (Lipinski definition) is 1. The smallest absolute Gasteiger partial charge is 0.238 e. The summed E-state index contributed by atoms with van der Waals surface area (Å²) in [4.78, 5) is 33.6. The molecule has 0 aromatic carbocycles. The van der Waals surface area contributed by atoms with Crippen molar-refractivity contribution in [3.63, 3.8) is 0 Å². The number of amides is 1. The minimum Gasteiger partial charge on any atom is -0.345 e. The Morgan fingerprint density at radius 3 is 2.15 bits per heavy atom. The first-order valence-electron chi connectivity index (χ1n) is 4.29. The van der Waals surface area contributed by atoms with Gasteiger partial charge in [0.25, 0.3) is 0 Å². The first-order chi connectivity index (χ1) is 5.95. The Hall–Kier alpha value is -1.19. The van der Waals surface area contributed by atoms with Gasteiger partial charge in [0, 0.05) is 0 Å². The van der Waals surface area contributed by atoms with Crippen LogP contribution in [0.3, 0.4) is 0 Å². The van der Waals surface area contributed by atoms with Crippen LogP contribution in [0.1, 0.15) is 20.8 Å². The Labute approximate surface area is 76.7 Å². The monoisotopic (exact) mass is 183 g/mol. The summed E-state index contributed by atoms with van der Waals surface area (Å²) < 4.78 is 0. The molecule has 1 heterocycles. The second kappa shape index (κ2) is 3.28. The van der Waals surface area contributed by atoms with Crippen LogP contribution in [0, 0.1) is 11.8 Å². The third-order valence-electron chi connectivity index (χ3n) is 2.22. The first-order valence-corrected chi connectivity index (χ1v) is 4.29. The SMILES string of the molecule is CC(=O)C1C(=O)NC(C(C)C)C1=O. The molecule has 1 amide bonds. The lowest BCUT2D eigenvalue weighted by molar-refractivity contribution is -0.135. The minimum atomic E-state index is -1.06. The number of hydrogen-bond acceptors (Lipinski definition) is 3. The maximum atomic E-state index is 11.5. The summed E-state index contributed by atoms with van der Waals surface area (Å²) in [6.07, 6.45) is 0. The molecule has 0 aliphatic carbocycles. The van der Waals surface area contributed by atoms with Gasteiger partial charge in [-0.15, -0.1) is 0 Å². The Kier molecular flexibility index (Phi) is 2.50. The van der Waals surface area contributed by atoms with Gasteiger partial charge in [0.2, 0.25) is 5.91 Å². The van der Waals surface area contributed by atoms with Gasteiger partial charge in [-0.05, 0) is 12.8 Å². The second-order valence-corrected chi connectivity index (χ2v) is 3.68. The van der Waals surface area contributed by atoms with Crippen LogP contribution in [0.2, 0.25) is 0 Å². The van der Waals surface area contributed by atoms with Crippen molar-refractivity contribution < 1.29 is 14.4 Å². The predicted octanol–water partition coefficient (Wildman–Crippen LogP) is -0.0849. The van der Waals surface area contributed by atoms with E-state index in [0.717, 1.165) is 0 Å². The van der Waals surface area contributed by atoms with Crippen LogP contribution in [0.4, 0.5) is 0 Å². The zero-order valence-electron chi connectivity index (χ0n) is 7.96. The van der Waals surface area contributed by atoms with Crippen molar-refractivity contribution in [3.8, 4) is 0 Å². The van der Waals surface area contributed by atoms with Crippen molar-refractivity contribution in [2.24, 2.45) is 11.8 Å². The average molecular weight is 183 g/mol. The molecule has 1 aliphatic heterocycles. The summed E-state index contributed by atoms with van der Waals surface area (Å²) in [5, 5.41) is 2.53. The van der Waals surface area contributed by atoms with E-state index in [1.807, 2.05) is 13.8 Å². The molecular formula is C9H13NO3. The largest absolute Gasteiger partial charge is 0.345 e. The van der Waals surface area contributed by atoms with Crippen molar-refractivity contribution in [2.75, 3.05) is 0 Å². The van der Waals surface area contributed by atoms with Crippen molar-refractivity contribution in [1.29, 1.82) is 0 Å². The zero-order valence-corrected chi connectivity index (χ0v) is 7.96. The maximum Gasteiger partial charge on any atom is 0.238 e. The van der Waals surface area contributed by atoms with Gasteiger partial charge in [0.15, 0.2) is 11.7 Å². The lowest BCUT2D eigenvalue weighted by atomic mass is 9.94. The highest BCUT2D eigenvalue weighted by molar-refractivity contribution is 6.23. The highest BCUT2D eigenvalue weighted by Crippen LogP contribution is 2.17. The molecule has 1 fully saturated rings. The van der Waals surface area contributed by atoms with Gasteiger partial charge in [0.1, 0.15) is 5.78 Å². The molecule has 1 saturated heterocycles. The average Bonchev–Trinajstić information content (AvgIpc) is 2.26.